The van der Waals surface area contributed by atoms with E-state index in [1.807, 2.05) is 0 Å². The van der Waals surface area contributed by atoms with E-state index < -0.39 is 0 Å². The molecule has 112 valence electrons. The van der Waals surface area contributed by atoms with Gasteiger partial charge in [-0.05, 0) is 0 Å². The zero-order valence-electron chi connectivity index (χ0n) is 11.6. The second-order valence-electron chi connectivity index (χ2n) is 5.02. The molecule has 1 atom stereocenters. The summed E-state index contributed by atoms with van der Waals surface area (Å²) >= 11 is 5.18. The number of fused-ring (bicyclic) bond motifs is 5. The van der Waals surface area contributed by atoms with Crippen LogP contribution in [0.4, 0.5) is 0 Å². The fourth-order valence-electron chi connectivity index (χ4n) is 3.10. The molecule has 0 radical (unpaired) electrons. The van der Waals surface area contributed by atoms with Gasteiger partial charge < -0.3 is 37.2 Å². The van der Waals surface area contributed by atoms with Crippen molar-refractivity contribution in [3.8, 4) is 11.1 Å². The van der Waals surface area contributed by atoms with E-state index in [0.717, 1.165) is 0 Å². The Morgan fingerprint density at radius 2 is 1.73 bits per heavy atom. The summed E-state index contributed by atoms with van der Waals surface area (Å²) in [6.07, 6.45) is 6.88. The predicted octanol–water partition coefficient (Wildman–Crippen LogP) is -6.49. The zero-order valence-corrected chi connectivity index (χ0v) is 17.9. The standard InChI is InChI=1S/C16H11BrN.3ClH.Zr/c1-18-14-9-11(17)6-7-13(14)16-12-5-3-2-4-10(12)8-15(16)18;;;;/h2-9H,1H3;3*1H;/q;;;;+3/p-3. The van der Waals surface area contributed by atoms with E-state index in [2.05, 4.69) is 70.0 Å². The average molecular weight is 495 g/mol. The van der Waals surface area contributed by atoms with Crippen molar-refractivity contribution in [2.24, 2.45) is 7.05 Å². The summed E-state index contributed by atoms with van der Waals surface area (Å²) in [5, 5.41) is 2.71. The molecule has 0 spiro atoms. The predicted molar refractivity (Wildman–Crippen MR) is 77.9 cm³/mol. The zero-order chi connectivity index (χ0) is 13.1. The molecule has 1 heterocycles. The third kappa shape index (κ3) is 2.84. The fraction of sp³-hybridized carbons (Fsp3) is 0.125. The molecular weight excluding hydrogens is 484 g/mol. The van der Waals surface area contributed by atoms with Crippen LogP contribution in [0.15, 0.2) is 34.8 Å². The summed E-state index contributed by atoms with van der Waals surface area (Å²) in [5.74, 6) is 0. The molecule has 4 rings (SSSR count). The van der Waals surface area contributed by atoms with Crippen molar-refractivity contribution in [1.82, 2.24) is 4.57 Å². The molecule has 0 aliphatic heterocycles. The second-order valence-corrected chi connectivity index (χ2v) is 7.47. The van der Waals surface area contributed by atoms with Gasteiger partial charge in [-0.25, -0.2) is 0 Å². The van der Waals surface area contributed by atoms with Crippen LogP contribution in [0.1, 0.15) is 14.8 Å². The molecule has 0 saturated carbocycles. The van der Waals surface area contributed by atoms with E-state index in [9.17, 15) is 0 Å². The third-order valence-corrected chi connectivity index (χ3v) is 5.57. The van der Waals surface area contributed by atoms with Gasteiger partial charge >= 0.3 is 136 Å². The molecule has 2 aliphatic carbocycles. The summed E-state index contributed by atoms with van der Waals surface area (Å²) in [7, 11) is 2.17. The van der Waals surface area contributed by atoms with Gasteiger partial charge in [-0.3, -0.25) is 0 Å². The minimum Gasteiger partial charge on any atom is -1.00 e. The number of aromatic nitrogens is 1. The topological polar surface area (TPSA) is 4.93 Å². The van der Waals surface area contributed by atoms with Crippen LogP contribution in [0.5, 0.6) is 0 Å². The maximum atomic E-state index is 3.63. The molecule has 0 fully saturated rings. The summed E-state index contributed by atoms with van der Waals surface area (Å²) < 4.78 is 4.07. The summed E-state index contributed by atoms with van der Waals surface area (Å²) in [5.41, 5.74) is 5.69. The molecule has 1 aromatic heterocycles. The number of allylic oxidation sites excluding steroid dienone is 2. The molecule has 6 heteroatoms. The van der Waals surface area contributed by atoms with Gasteiger partial charge in [-0.1, -0.05) is 0 Å². The first-order valence-electron chi connectivity index (χ1n) is 6.26. The van der Waals surface area contributed by atoms with Gasteiger partial charge in [0, 0.05) is 0 Å². The summed E-state index contributed by atoms with van der Waals surface area (Å²) in [6.45, 7) is 0. The van der Waals surface area contributed by atoms with Crippen LogP contribution in [-0.4, -0.2) is 4.57 Å². The monoisotopic (exact) mass is 491 g/mol. The summed E-state index contributed by atoms with van der Waals surface area (Å²) in [4.78, 5) is 0. The Morgan fingerprint density at radius 3 is 2.45 bits per heavy atom. The Labute approximate surface area is 171 Å². The maximum Gasteiger partial charge on any atom is -1.00 e. The number of benzene rings is 1. The van der Waals surface area contributed by atoms with Crippen molar-refractivity contribution in [3.63, 3.8) is 0 Å². The molecule has 0 amide bonds. The van der Waals surface area contributed by atoms with Gasteiger partial charge in [-0.15, -0.1) is 0 Å². The first kappa shape index (κ1) is 20.3. The SMILES string of the molecule is Cn1c2c(c3c1=CC(Br)=C[CH]3[Zr+3])-c1ccccc1C=2.[Cl-].[Cl-].[Cl-]. The first-order valence-corrected chi connectivity index (χ1v) is 8.48. The molecule has 0 N–H and O–H groups in total. The van der Waals surface area contributed by atoms with Crippen LogP contribution in [0, 0.1) is 0 Å². The molecule has 22 heavy (non-hydrogen) atoms. The van der Waals surface area contributed by atoms with Gasteiger partial charge in [0.05, 0.1) is 0 Å². The minimum atomic E-state index is 0. The van der Waals surface area contributed by atoms with Gasteiger partial charge in [0.1, 0.15) is 0 Å². The smallest absolute Gasteiger partial charge is 1.00 e. The minimum absolute atomic E-state index is 0. The average Bonchev–Trinajstić information content (AvgIpc) is 2.87. The van der Waals surface area contributed by atoms with Crippen molar-refractivity contribution < 1.29 is 61.9 Å². The number of halogens is 4. The Bertz CT molecular complexity index is 870. The van der Waals surface area contributed by atoms with Crippen LogP contribution in [0.2, 0.25) is 0 Å². The Kier molecular flexibility index (Phi) is 6.82. The largest absolute Gasteiger partial charge is 1.00 e. The van der Waals surface area contributed by atoms with Gasteiger partial charge in [-0.2, -0.15) is 0 Å². The second kappa shape index (κ2) is 7.40. The Morgan fingerprint density at radius 1 is 1.05 bits per heavy atom. The third-order valence-electron chi connectivity index (χ3n) is 3.96. The van der Waals surface area contributed by atoms with Gasteiger partial charge in [0.2, 0.25) is 0 Å². The van der Waals surface area contributed by atoms with Gasteiger partial charge in [0.15, 0.2) is 0 Å². The molecule has 1 nitrogen and oxygen atoms in total. The molecule has 2 aromatic rings. The maximum absolute atomic E-state index is 3.63. The fourth-order valence-corrected chi connectivity index (χ4v) is 5.35. The van der Waals surface area contributed by atoms with Crippen molar-refractivity contribution >= 4 is 28.1 Å². The Balaban J connectivity index is 0.000000807. The van der Waals surface area contributed by atoms with Crippen molar-refractivity contribution in [1.29, 1.82) is 0 Å². The molecular formula is C16H11BrCl3NZr. The van der Waals surface area contributed by atoms with E-state index in [-0.39, 0.29) is 37.2 Å². The van der Waals surface area contributed by atoms with Crippen LogP contribution >= 0.6 is 15.9 Å². The van der Waals surface area contributed by atoms with Crippen molar-refractivity contribution in [2.75, 3.05) is 0 Å². The van der Waals surface area contributed by atoms with Crippen LogP contribution in [-0.2, 0) is 31.8 Å². The molecule has 1 aromatic carbocycles. The van der Waals surface area contributed by atoms with Crippen LogP contribution in [0.3, 0.4) is 0 Å². The van der Waals surface area contributed by atoms with E-state index in [4.69, 9.17) is 0 Å². The number of nitrogens with zero attached hydrogens (tertiary/aromatic N) is 1. The molecule has 2 aliphatic rings. The van der Waals surface area contributed by atoms with Crippen LogP contribution in [0.25, 0.3) is 23.3 Å². The molecule has 1 unspecified atom stereocenters. The molecule has 0 saturated heterocycles. The van der Waals surface area contributed by atoms with E-state index in [1.165, 1.54) is 37.4 Å². The van der Waals surface area contributed by atoms with E-state index in [1.54, 1.807) is 24.7 Å². The normalized spacial score (nSPS) is 16.4. The first-order chi connectivity index (χ1) is 9.16. The van der Waals surface area contributed by atoms with Gasteiger partial charge in [0.25, 0.3) is 0 Å². The summed E-state index contributed by atoms with van der Waals surface area (Å²) in [6, 6.07) is 8.70. The van der Waals surface area contributed by atoms with E-state index in [0.29, 0.717) is 3.63 Å². The number of hydrogen-bond donors (Lipinski definition) is 0. The van der Waals surface area contributed by atoms with Crippen molar-refractivity contribution in [2.45, 2.75) is 3.63 Å². The number of hydrogen-bond acceptors (Lipinski definition) is 0. The van der Waals surface area contributed by atoms with E-state index >= 15 is 0 Å². The van der Waals surface area contributed by atoms with Crippen LogP contribution < -0.4 is 47.9 Å². The Hall–Kier alpha value is 0.213. The quantitative estimate of drug-likeness (QED) is 0.293. The molecule has 0 bridgehead atoms. The number of rotatable bonds is 0. The van der Waals surface area contributed by atoms with Crippen molar-refractivity contribution in [3.05, 3.63) is 56.6 Å².